The summed E-state index contributed by atoms with van der Waals surface area (Å²) in [6.45, 7) is 2.38. The van der Waals surface area contributed by atoms with E-state index in [1.54, 1.807) is 11.0 Å². The van der Waals surface area contributed by atoms with Crippen LogP contribution in [0.25, 0.3) is 11.0 Å². The number of aromatic nitrogens is 2. The van der Waals surface area contributed by atoms with Crippen LogP contribution in [0.3, 0.4) is 0 Å². The number of nitrogens with one attached hydrogen (secondary N) is 1. The third kappa shape index (κ3) is 4.55. The fraction of sp³-hybridized carbons (Fsp3) is 0.391. The lowest BCUT2D eigenvalue weighted by Crippen LogP contribution is -2.39. The molecule has 1 aliphatic rings. The van der Waals surface area contributed by atoms with Crippen LogP contribution in [0.4, 0.5) is 14.5 Å². The number of primary amides is 1. The molecule has 1 amide bonds. The summed E-state index contributed by atoms with van der Waals surface area (Å²) < 4.78 is 27.2. The van der Waals surface area contributed by atoms with Crippen molar-refractivity contribution in [3.8, 4) is 0 Å². The van der Waals surface area contributed by atoms with Gasteiger partial charge in [0.25, 0.3) is 5.92 Å². The first-order chi connectivity index (χ1) is 15.2. The SMILES string of the molecule is CCc1ccc([C@@H](CC(N)=O)c2nc3c(Cl)c(N4CCC(F)(F)CC4)c(Cl)cc3[nH]2)cc1. The van der Waals surface area contributed by atoms with Crippen LogP contribution in [0.2, 0.25) is 10.0 Å². The zero-order valence-corrected chi connectivity index (χ0v) is 19.1. The van der Waals surface area contributed by atoms with E-state index < -0.39 is 11.8 Å². The highest BCUT2D eigenvalue weighted by Crippen LogP contribution is 2.42. The molecular weight excluding hydrogens is 457 g/mol. The molecule has 170 valence electrons. The number of nitrogens with two attached hydrogens (primary N) is 1. The Kier molecular flexibility index (Phi) is 6.32. The number of carbonyl (C=O) groups is 1. The third-order valence-corrected chi connectivity index (χ3v) is 6.65. The number of amides is 1. The fourth-order valence-corrected chi connectivity index (χ4v) is 4.90. The molecule has 0 aliphatic carbocycles. The fourth-order valence-electron chi connectivity index (χ4n) is 4.16. The topological polar surface area (TPSA) is 75.0 Å². The van der Waals surface area contributed by atoms with Gasteiger partial charge in [0.15, 0.2) is 0 Å². The van der Waals surface area contributed by atoms with Crippen LogP contribution in [0.15, 0.2) is 30.3 Å². The first kappa shape index (κ1) is 22.8. The minimum absolute atomic E-state index is 0.0741. The summed E-state index contributed by atoms with van der Waals surface area (Å²) in [6.07, 6.45) is 0.478. The molecule has 1 atom stereocenters. The number of halogens is 4. The van der Waals surface area contributed by atoms with Crippen LogP contribution in [0, 0.1) is 0 Å². The molecule has 3 aromatic rings. The Hall–Kier alpha value is -2.38. The standard InChI is InChI=1S/C23H24Cl2F2N4O/c1-2-13-3-5-14(6-4-13)15(11-18(28)32)22-29-17-12-16(24)21(19(25)20(17)30-22)31-9-7-23(26,27)8-10-31/h3-6,12,15H,2,7-11H2,1H3,(H2,28,32)(H,29,30)/t15-/m1/s1. The molecule has 0 unspecified atom stereocenters. The number of rotatable bonds is 6. The van der Waals surface area contributed by atoms with Gasteiger partial charge in [0.1, 0.15) is 11.3 Å². The number of carbonyl (C=O) groups excluding carboxylic acids is 1. The number of H-pyrrole nitrogens is 1. The smallest absolute Gasteiger partial charge is 0.251 e. The van der Waals surface area contributed by atoms with Crippen LogP contribution < -0.4 is 10.6 Å². The second-order valence-electron chi connectivity index (χ2n) is 8.20. The van der Waals surface area contributed by atoms with Gasteiger partial charge < -0.3 is 15.6 Å². The highest BCUT2D eigenvalue weighted by molar-refractivity contribution is 6.42. The van der Waals surface area contributed by atoms with Gasteiger partial charge >= 0.3 is 0 Å². The van der Waals surface area contributed by atoms with Crippen LogP contribution >= 0.6 is 23.2 Å². The van der Waals surface area contributed by atoms with Crippen molar-refractivity contribution in [3.05, 3.63) is 57.3 Å². The average Bonchev–Trinajstić information content (AvgIpc) is 3.17. The van der Waals surface area contributed by atoms with Crippen LogP contribution in [-0.2, 0) is 11.2 Å². The molecule has 2 heterocycles. The average molecular weight is 481 g/mol. The van der Waals surface area contributed by atoms with Crippen molar-refractivity contribution in [2.75, 3.05) is 18.0 Å². The first-order valence-corrected chi connectivity index (χ1v) is 11.3. The summed E-state index contributed by atoms with van der Waals surface area (Å²) in [5, 5.41) is 0.668. The van der Waals surface area contributed by atoms with Crippen LogP contribution in [0.1, 0.15) is 49.1 Å². The number of imidazole rings is 1. The number of hydrogen-bond acceptors (Lipinski definition) is 3. The highest BCUT2D eigenvalue weighted by atomic mass is 35.5. The number of piperidine rings is 1. The van der Waals surface area contributed by atoms with Gasteiger partial charge in [0.2, 0.25) is 5.91 Å². The van der Waals surface area contributed by atoms with Gasteiger partial charge in [-0.15, -0.1) is 0 Å². The monoisotopic (exact) mass is 480 g/mol. The number of aryl methyl sites for hydroxylation is 1. The number of aromatic amines is 1. The predicted molar refractivity (Wildman–Crippen MR) is 124 cm³/mol. The molecule has 1 aliphatic heterocycles. The van der Waals surface area contributed by atoms with E-state index in [-0.39, 0.29) is 38.3 Å². The number of benzene rings is 2. The van der Waals surface area contributed by atoms with Crippen molar-refractivity contribution in [2.45, 2.75) is 44.4 Å². The van der Waals surface area contributed by atoms with E-state index >= 15 is 0 Å². The second-order valence-corrected chi connectivity index (χ2v) is 8.99. The lowest BCUT2D eigenvalue weighted by molar-refractivity contribution is -0.118. The zero-order valence-electron chi connectivity index (χ0n) is 17.6. The molecular formula is C23H24Cl2F2N4O. The van der Waals surface area contributed by atoms with Crippen molar-refractivity contribution in [3.63, 3.8) is 0 Å². The van der Waals surface area contributed by atoms with E-state index in [0.29, 0.717) is 32.6 Å². The Morgan fingerprint density at radius 2 is 1.91 bits per heavy atom. The molecule has 5 nitrogen and oxygen atoms in total. The largest absolute Gasteiger partial charge is 0.370 e. The van der Waals surface area contributed by atoms with Crippen LogP contribution in [0.5, 0.6) is 0 Å². The van der Waals surface area contributed by atoms with Gasteiger partial charge in [-0.25, -0.2) is 13.8 Å². The minimum Gasteiger partial charge on any atom is -0.370 e. The van der Waals surface area contributed by atoms with Crippen molar-refractivity contribution in [1.29, 1.82) is 0 Å². The molecule has 1 aromatic heterocycles. The summed E-state index contributed by atoms with van der Waals surface area (Å²) in [6, 6.07) is 9.66. The third-order valence-electron chi connectivity index (χ3n) is 6.00. The van der Waals surface area contributed by atoms with E-state index in [0.717, 1.165) is 12.0 Å². The van der Waals surface area contributed by atoms with Gasteiger partial charge in [-0.1, -0.05) is 54.4 Å². The van der Waals surface area contributed by atoms with E-state index in [9.17, 15) is 13.6 Å². The second kappa shape index (κ2) is 8.87. The number of hydrogen-bond donors (Lipinski definition) is 2. The molecule has 1 saturated heterocycles. The van der Waals surface area contributed by atoms with Crippen molar-refractivity contribution < 1.29 is 13.6 Å². The molecule has 0 bridgehead atoms. The summed E-state index contributed by atoms with van der Waals surface area (Å²) in [4.78, 5) is 21.5. The first-order valence-electron chi connectivity index (χ1n) is 10.6. The van der Waals surface area contributed by atoms with Gasteiger partial charge in [-0.05, 0) is 23.6 Å². The molecule has 0 spiro atoms. The summed E-state index contributed by atoms with van der Waals surface area (Å²) >= 11 is 13.2. The molecule has 2 aromatic carbocycles. The summed E-state index contributed by atoms with van der Waals surface area (Å²) in [5.41, 5.74) is 9.21. The van der Waals surface area contributed by atoms with Gasteiger partial charge in [-0.3, -0.25) is 4.79 Å². The highest BCUT2D eigenvalue weighted by Gasteiger charge is 2.35. The maximum absolute atomic E-state index is 13.6. The van der Waals surface area contributed by atoms with Crippen molar-refractivity contribution in [2.24, 2.45) is 5.73 Å². The minimum atomic E-state index is -2.67. The summed E-state index contributed by atoms with van der Waals surface area (Å²) in [7, 11) is 0. The molecule has 9 heteroatoms. The Morgan fingerprint density at radius 1 is 1.25 bits per heavy atom. The molecule has 3 N–H and O–H groups in total. The molecule has 0 radical (unpaired) electrons. The van der Waals surface area contributed by atoms with Gasteiger partial charge in [0.05, 0.1) is 27.2 Å². The number of fused-ring (bicyclic) bond motifs is 1. The maximum Gasteiger partial charge on any atom is 0.251 e. The molecule has 1 fully saturated rings. The zero-order chi connectivity index (χ0) is 23.0. The number of anilines is 1. The molecule has 32 heavy (non-hydrogen) atoms. The molecule has 4 rings (SSSR count). The predicted octanol–water partition coefficient (Wildman–Crippen LogP) is 5.67. The van der Waals surface area contributed by atoms with E-state index in [1.807, 2.05) is 24.3 Å². The maximum atomic E-state index is 13.6. The van der Waals surface area contributed by atoms with E-state index in [2.05, 4.69) is 16.9 Å². The van der Waals surface area contributed by atoms with Crippen LogP contribution in [-0.4, -0.2) is 34.9 Å². The Labute approximate surface area is 194 Å². The van der Waals surface area contributed by atoms with Crippen molar-refractivity contribution >= 4 is 45.8 Å². The summed E-state index contributed by atoms with van der Waals surface area (Å²) in [5.74, 6) is -2.95. The van der Waals surface area contributed by atoms with Crippen molar-refractivity contribution in [1.82, 2.24) is 9.97 Å². The van der Waals surface area contributed by atoms with E-state index in [4.69, 9.17) is 28.9 Å². The van der Waals surface area contributed by atoms with E-state index in [1.165, 1.54) is 5.56 Å². The number of nitrogens with zero attached hydrogens (tertiary/aromatic N) is 2. The normalized spacial score (nSPS) is 17.0. The Morgan fingerprint density at radius 3 is 2.50 bits per heavy atom. The Balaban J connectivity index is 1.74. The lowest BCUT2D eigenvalue weighted by Gasteiger charge is -2.34. The lowest BCUT2D eigenvalue weighted by atomic mass is 9.93. The number of alkyl halides is 2. The van der Waals surface area contributed by atoms with Gasteiger partial charge in [-0.2, -0.15) is 0 Å². The Bertz CT molecular complexity index is 1140. The quantitative estimate of drug-likeness (QED) is 0.476. The molecule has 0 saturated carbocycles. The van der Waals surface area contributed by atoms with Gasteiger partial charge in [0, 0.05) is 32.4 Å².